The molecule has 1 amide bonds. The van der Waals surface area contributed by atoms with E-state index in [-0.39, 0.29) is 41.9 Å². The Bertz CT molecular complexity index is 1340. The van der Waals surface area contributed by atoms with Crippen LogP contribution in [0.3, 0.4) is 0 Å². The molecule has 5 rings (SSSR count). The molecule has 0 spiro atoms. The number of piperidine rings is 1. The van der Waals surface area contributed by atoms with E-state index < -0.39 is 76.3 Å². The molecule has 1 aliphatic heterocycles. The number of Topliss-reactive ketones (excluding diaryl/α,β-unsaturated/α-hetero) is 5. The zero-order valence-electron chi connectivity index (χ0n) is 22.3. The lowest BCUT2D eigenvalue weighted by atomic mass is 9.52. The molecule has 12 heteroatoms. The molecule has 40 heavy (non-hydrogen) atoms. The Morgan fingerprint density at radius 1 is 1.12 bits per heavy atom. The predicted octanol–water partition coefficient (Wildman–Crippen LogP) is -0.516. The molecule has 2 unspecified atom stereocenters. The summed E-state index contributed by atoms with van der Waals surface area (Å²) >= 11 is 0. The summed E-state index contributed by atoms with van der Waals surface area (Å²) in [5.74, 6) is -11.8. The number of amides is 1. The number of carbonyl (C=O) groups is 6. The molecule has 1 aromatic rings. The first-order valence-electron chi connectivity index (χ1n) is 13.4. The van der Waals surface area contributed by atoms with Crippen LogP contribution in [0.25, 0.3) is 0 Å². The van der Waals surface area contributed by atoms with Gasteiger partial charge < -0.3 is 15.9 Å². The van der Waals surface area contributed by atoms with Gasteiger partial charge in [-0.05, 0) is 63.4 Å². The van der Waals surface area contributed by atoms with Crippen LogP contribution in [0.1, 0.15) is 45.5 Å². The number of phenols is 1. The highest BCUT2D eigenvalue weighted by Gasteiger charge is 2.69. The van der Waals surface area contributed by atoms with Gasteiger partial charge in [-0.15, -0.1) is 0 Å². The van der Waals surface area contributed by atoms with Crippen molar-refractivity contribution in [1.82, 2.24) is 9.80 Å². The SMILES string of the molecule is CN(C)[C@@H]1C(=O)C(C(N)=O)C(=O)[C@@]2(O)C(=O)C3C(=O)c4c(O)ccc(C(=O)CN5CCC(F)CC5)c4C[C@H]3C[C@@H]12. The van der Waals surface area contributed by atoms with Gasteiger partial charge in [0.15, 0.2) is 40.4 Å². The molecule has 2 saturated carbocycles. The minimum atomic E-state index is -2.80. The van der Waals surface area contributed by atoms with Crippen LogP contribution in [-0.2, 0) is 25.6 Å². The number of fused-ring (bicyclic) bond motifs is 3. The molecule has 4 aliphatic rings. The maximum Gasteiger partial charge on any atom is 0.235 e. The molecule has 11 nitrogen and oxygen atoms in total. The number of nitrogens with two attached hydrogens (primary N) is 1. The largest absolute Gasteiger partial charge is 0.507 e. The average Bonchev–Trinajstić information content (AvgIpc) is 2.87. The van der Waals surface area contributed by atoms with Gasteiger partial charge in [0.05, 0.1) is 24.1 Å². The van der Waals surface area contributed by atoms with Gasteiger partial charge in [0.1, 0.15) is 11.9 Å². The molecular formula is C28H32FN3O8. The normalized spacial score (nSPS) is 33.0. The van der Waals surface area contributed by atoms with Crippen molar-refractivity contribution in [3.8, 4) is 5.75 Å². The molecule has 4 N–H and O–H groups in total. The second kappa shape index (κ2) is 9.93. The van der Waals surface area contributed by atoms with E-state index in [1.54, 1.807) is 0 Å². The Morgan fingerprint density at radius 2 is 1.77 bits per heavy atom. The van der Waals surface area contributed by atoms with Crippen molar-refractivity contribution in [2.75, 3.05) is 33.7 Å². The maximum atomic E-state index is 13.8. The third-order valence-corrected chi connectivity index (χ3v) is 9.13. The first kappa shape index (κ1) is 28.2. The molecule has 0 radical (unpaired) electrons. The molecule has 3 aliphatic carbocycles. The second-order valence-electron chi connectivity index (χ2n) is 11.6. The predicted molar refractivity (Wildman–Crippen MR) is 136 cm³/mol. The van der Waals surface area contributed by atoms with Gasteiger partial charge in [0, 0.05) is 24.6 Å². The van der Waals surface area contributed by atoms with E-state index in [4.69, 9.17) is 5.73 Å². The van der Waals surface area contributed by atoms with Gasteiger partial charge in [-0.25, -0.2) is 4.39 Å². The number of alkyl halides is 1. The highest BCUT2D eigenvalue weighted by Crippen LogP contribution is 2.51. The Kier molecular flexibility index (Phi) is 7.00. The summed E-state index contributed by atoms with van der Waals surface area (Å²) in [4.78, 5) is 82.8. The summed E-state index contributed by atoms with van der Waals surface area (Å²) in [6, 6.07) is 1.41. The lowest BCUT2D eigenvalue weighted by molar-refractivity contribution is -0.181. The lowest BCUT2D eigenvalue weighted by Gasteiger charge is -2.52. The number of phenolic OH excluding ortho intramolecular Hbond substituents is 1. The molecule has 1 heterocycles. The zero-order valence-corrected chi connectivity index (χ0v) is 22.3. The first-order valence-corrected chi connectivity index (χ1v) is 13.4. The minimum Gasteiger partial charge on any atom is -0.507 e. The number of nitrogens with zero attached hydrogens (tertiary/aromatic N) is 2. The standard InChI is InChI=1S/C28H32FN3O8/c1-31(2)22-16-10-12-9-15-14(18(34)11-32-7-5-13(29)6-8-32)3-4-17(33)20(15)23(35)19(12)25(37)28(16,40)26(38)21(24(22)36)27(30)39/h3-4,12-13,16,19,21-22,33,40H,5-11H2,1-2H3,(H2,30,39)/t12-,16-,19?,21?,22-,28-/m0/s1. The van der Waals surface area contributed by atoms with E-state index >= 15 is 0 Å². The smallest absolute Gasteiger partial charge is 0.235 e. The van der Waals surface area contributed by atoms with Crippen molar-refractivity contribution in [1.29, 1.82) is 0 Å². The van der Waals surface area contributed by atoms with E-state index in [1.165, 1.54) is 31.1 Å². The highest BCUT2D eigenvalue weighted by atomic mass is 19.1. The van der Waals surface area contributed by atoms with Gasteiger partial charge in [0.25, 0.3) is 0 Å². The van der Waals surface area contributed by atoms with Crippen LogP contribution in [0.4, 0.5) is 4.39 Å². The molecule has 1 aromatic carbocycles. The topological polar surface area (TPSA) is 175 Å². The summed E-state index contributed by atoms with van der Waals surface area (Å²) in [5, 5.41) is 22.3. The van der Waals surface area contributed by atoms with Gasteiger partial charge in [0.2, 0.25) is 5.91 Å². The average molecular weight is 558 g/mol. The number of hydrogen-bond acceptors (Lipinski definition) is 10. The number of benzene rings is 1. The quantitative estimate of drug-likeness (QED) is 0.316. The molecule has 3 fully saturated rings. The van der Waals surface area contributed by atoms with Crippen molar-refractivity contribution < 1.29 is 43.4 Å². The molecule has 0 aromatic heterocycles. The Balaban J connectivity index is 1.54. The van der Waals surface area contributed by atoms with E-state index in [9.17, 15) is 43.4 Å². The highest BCUT2D eigenvalue weighted by molar-refractivity contribution is 6.32. The number of aliphatic hydroxyl groups is 1. The third-order valence-electron chi connectivity index (χ3n) is 9.13. The number of hydrogen-bond donors (Lipinski definition) is 3. The number of rotatable bonds is 5. The number of likely N-dealkylation sites (N-methyl/N-ethyl adjacent to an activating group) is 1. The van der Waals surface area contributed by atoms with Crippen LogP contribution in [-0.4, -0.2) is 106 Å². The van der Waals surface area contributed by atoms with E-state index in [0.717, 1.165) is 0 Å². The number of aromatic hydroxyl groups is 1. The van der Waals surface area contributed by atoms with Crippen LogP contribution in [0, 0.1) is 23.7 Å². The Labute approximate surface area is 229 Å². The number of primary amides is 1. The van der Waals surface area contributed by atoms with Gasteiger partial charge in [-0.1, -0.05) is 0 Å². The fourth-order valence-electron chi connectivity index (χ4n) is 7.21. The molecular weight excluding hydrogens is 525 g/mol. The molecule has 6 atom stereocenters. The van der Waals surface area contributed by atoms with Gasteiger partial charge >= 0.3 is 0 Å². The zero-order chi connectivity index (χ0) is 29.3. The molecule has 1 saturated heterocycles. The lowest BCUT2D eigenvalue weighted by Crippen LogP contribution is -2.74. The number of halogens is 1. The summed E-state index contributed by atoms with van der Waals surface area (Å²) in [6.07, 6.45) is -0.369. The van der Waals surface area contributed by atoms with Crippen LogP contribution in [0.5, 0.6) is 5.75 Å². The van der Waals surface area contributed by atoms with E-state index in [2.05, 4.69) is 0 Å². The van der Waals surface area contributed by atoms with Crippen LogP contribution in [0.2, 0.25) is 0 Å². The summed E-state index contributed by atoms with van der Waals surface area (Å²) in [5.41, 5.74) is 2.76. The van der Waals surface area contributed by atoms with Crippen LogP contribution >= 0.6 is 0 Å². The Morgan fingerprint density at radius 3 is 2.38 bits per heavy atom. The molecule has 214 valence electrons. The van der Waals surface area contributed by atoms with Gasteiger partial charge in [-0.3, -0.25) is 38.6 Å². The van der Waals surface area contributed by atoms with Gasteiger partial charge in [-0.2, -0.15) is 0 Å². The Hall–Kier alpha value is -3.35. The van der Waals surface area contributed by atoms with E-state index in [1.807, 2.05) is 4.90 Å². The van der Waals surface area contributed by atoms with Crippen molar-refractivity contribution in [2.24, 2.45) is 29.4 Å². The number of carbonyl (C=O) groups excluding carboxylic acids is 6. The minimum absolute atomic E-state index is 0.00621. The summed E-state index contributed by atoms with van der Waals surface area (Å²) < 4.78 is 13.6. The fraction of sp³-hybridized carbons (Fsp3) is 0.571. The van der Waals surface area contributed by atoms with Crippen molar-refractivity contribution in [3.63, 3.8) is 0 Å². The van der Waals surface area contributed by atoms with Crippen LogP contribution < -0.4 is 5.73 Å². The monoisotopic (exact) mass is 557 g/mol. The first-order chi connectivity index (χ1) is 18.8. The fourth-order valence-corrected chi connectivity index (χ4v) is 7.21. The maximum absolute atomic E-state index is 13.8. The van der Waals surface area contributed by atoms with E-state index in [0.29, 0.717) is 25.9 Å². The van der Waals surface area contributed by atoms with Crippen molar-refractivity contribution in [2.45, 2.75) is 43.5 Å². The summed E-state index contributed by atoms with van der Waals surface area (Å²) in [7, 11) is 3.02. The van der Waals surface area contributed by atoms with Crippen molar-refractivity contribution >= 4 is 34.8 Å². The summed E-state index contributed by atoms with van der Waals surface area (Å²) in [6.45, 7) is 0.811. The number of ketones is 5. The van der Waals surface area contributed by atoms with Crippen molar-refractivity contribution in [3.05, 3.63) is 28.8 Å². The van der Waals surface area contributed by atoms with Crippen LogP contribution in [0.15, 0.2) is 12.1 Å². The molecule has 0 bridgehead atoms. The number of likely N-dealkylation sites (tertiary alicyclic amines) is 1. The third kappa shape index (κ3) is 4.11. The second-order valence-corrected chi connectivity index (χ2v) is 11.6.